The molecule has 110 valence electrons. The zero-order valence-electron chi connectivity index (χ0n) is 11.6. The molecule has 0 spiro atoms. The Bertz CT molecular complexity index is 769. The Morgan fingerprint density at radius 2 is 1.68 bits per heavy atom. The highest BCUT2D eigenvalue weighted by Crippen LogP contribution is 2.28. The van der Waals surface area contributed by atoms with Crippen LogP contribution in [0.5, 0.6) is 5.75 Å². The zero-order chi connectivity index (χ0) is 15.4. The molecule has 1 heterocycles. The average molecular weight is 311 g/mol. The van der Waals surface area contributed by atoms with Gasteiger partial charge in [-0.2, -0.15) is 0 Å². The van der Waals surface area contributed by atoms with Crippen molar-refractivity contribution in [1.29, 1.82) is 0 Å². The van der Waals surface area contributed by atoms with Gasteiger partial charge in [-0.25, -0.2) is 9.78 Å². The largest absolute Gasteiger partial charge is 0.487 e. The van der Waals surface area contributed by atoms with Gasteiger partial charge in [0.2, 0.25) is 0 Å². The number of hydrogen-bond donors (Lipinski definition) is 1. The number of rotatable bonds is 5. The van der Waals surface area contributed by atoms with E-state index in [1.807, 2.05) is 60.7 Å². The number of carboxylic acids is 1. The molecule has 3 aromatic rings. The number of aromatic carboxylic acids is 1. The normalized spacial score (nSPS) is 10.4. The number of carboxylic acid groups (broad SMARTS) is 1. The number of ether oxygens (including phenoxy) is 1. The van der Waals surface area contributed by atoms with Crippen molar-refractivity contribution in [3.8, 4) is 16.3 Å². The first-order chi connectivity index (χ1) is 10.7. The monoisotopic (exact) mass is 311 g/mol. The maximum Gasteiger partial charge on any atom is 0.347 e. The van der Waals surface area contributed by atoms with E-state index < -0.39 is 5.97 Å². The number of hydrogen-bond acceptors (Lipinski definition) is 4. The minimum Gasteiger partial charge on any atom is -0.487 e. The number of carbonyl (C=O) groups is 1. The number of benzene rings is 2. The predicted molar refractivity (Wildman–Crippen MR) is 85.3 cm³/mol. The molecule has 0 amide bonds. The summed E-state index contributed by atoms with van der Waals surface area (Å²) in [6.07, 6.45) is 0. The molecule has 0 saturated heterocycles. The first kappa shape index (κ1) is 14.3. The van der Waals surface area contributed by atoms with Crippen molar-refractivity contribution in [2.75, 3.05) is 0 Å². The fourth-order valence-corrected chi connectivity index (χ4v) is 2.90. The maximum atomic E-state index is 11.4. The summed E-state index contributed by atoms with van der Waals surface area (Å²) in [4.78, 5) is 16.0. The van der Waals surface area contributed by atoms with Crippen LogP contribution in [0, 0.1) is 0 Å². The van der Waals surface area contributed by atoms with Crippen LogP contribution in [0.1, 0.15) is 15.4 Å². The van der Waals surface area contributed by atoms with Gasteiger partial charge in [-0.15, -0.1) is 11.3 Å². The van der Waals surface area contributed by atoms with Gasteiger partial charge in [0.15, 0.2) is 0 Å². The van der Waals surface area contributed by atoms with Crippen molar-refractivity contribution in [3.63, 3.8) is 0 Å². The Morgan fingerprint density at radius 1 is 1.05 bits per heavy atom. The van der Waals surface area contributed by atoms with Gasteiger partial charge >= 0.3 is 5.97 Å². The predicted octanol–water partition coefficient (Wildman–Crippen LogP) is 4.09. The Hall–Kier alpha value is -2.66. The molecule has 0 fully saturated rings. The highest BCUT2D eigenvalue weighted by molar-refractivity contribution is 7.17. The number of thiazole rings is 1. The van der Waals surface area contributed by atoms with E-state index in [9.17, 15) is 9.90 Å². The molecular formula is C17H13NO3S. The van der Waals surface area contributed by atoms with Crippen LogP contribution >= 0.6 is 11.3 Å². The minimum atomic E-state index is -0.980. The molecule has 2 aromatic carbocycles. The molecule has 5 heteroatoms. The Labute approximate surface area is 131 Å². The lowest BCUT2D eigenvalue weighted by Gasteiger charge is -2.04. The van der Waals surface area contributed by atoms with Gasteiger partial charge in [-0.3, -0.25) is 0 Å². The summed E-state index contributed by atoms with van der Waals surface area (Å²) in [5, 5.41) is 10.0. The molecule has 22 heavy (non-hydrogen) atoms. The van der Waals surface area contributed by atoms with Crippen LogP contribution in [0.15, 0.2) is 60.7 Å². The van der Waals surface area contributed by atoms with E-state index >= 15 is 0 Å². The SMILES string of the molecule is O=C(O)c1sc(-c2ccccc2)nc1COc1ccccc1. The van der Waals surface area contributed by atoms with Gasteiger partial charge in [-0.1, -0.05) is 48.5 Å². The number of para-hydroxylation sites is 1. The van der Waals surface area contributed by atoms with Crippen LogP contribution in [0.3, 0.4) is 0 Å². The molecule has 0 unspecified atom stereocenters. The molecule has 0 aliphatic carbocycles. The minimum absolute atomic E-state index is 0.134. The van der Waals surface area contributed by atoms with E-state index in [1.165, 1.54) is 11.3 Å². The number of nitrogens with zero attached hydrogens (tertiary/aromatic N) is 1. The lowest BCUT2D eigenvalue weighted by Crippen LogP contribution is -2.03. The smallest absolute Gasteiger partial charge is 0.347 e. The topological polar surface area (TPSA) is 59.4 Å². The van der Waals surface area contributed by atoms with Crippen molar-refractivity contribution in [2.45, 2.75) is 6.61 Å². The molecule has 0 radical (unpaired) electrons. The van der Waals surface area contributed by atoms with Crippen molar-refractivity contribution < 1.29 is 14.6 Å². The quantitative estimate of drug-likeness (QED) is 0.771. The lowest BCUT2D eigenvalue weighted by molar-refractivity contribution is 0.0699. The van der Waals surface area contributed by atoms with E-state index in [0.29, 0.717) is 16.5 Å². The van der Waals surface area contributed by atoms with Crippen LogP contribution in [0.4, 0.5) is 0 Å². The summed E-state index contributed by atoms with van der Waals surface area (Å²) >= 11 is 1.17. The number of aromatic nitrogens is 1. The Kier molecular flexibility index (Phi) is 4.16. The zero-order valence-corrected chi connectivity index (χ0v) is 12.4. The molecule has 0 atom stereocenters. The summed E-state index contributed by atoms with van der Waals surface area (Å²) in [7, 11) is 0. The van der Waals surface area contributed by atoms with Crippen molar-refractivity contribution >= 4 is 17.3 Å². The molecule has 0 saturated carbocycles. The third-order valence-electron chi connectivity index (χ3n) is 3.03. The summed E-state index contributed by atoms with van der Waals surface area (Å²) in [6, 6.07) is 18.8. The van der Waals surface area contributed by atoms with Crippen LogP contribution in [-0.2, 0) is 6.61 Å². The molecule has 3 rings (SSSR count). The summed E-state index contributed by atoms with van der Waals surface area (Å²) in [5.41, 5.74) is 1.35. The van der Waals surface area contributed by atoms with Gasteiger partial charge in [0.05, 0.1) is 0 Å². The van der Waals surface area contributed by atoms with Crippen LogP contribution in [0.25, 0.3) is 10.6 Å². The van der Waals surface area contributed by atoms with Gasteiger partial charge in [-0.05, 0) is 12.1 Å². The molecular weight excluding hydrogens is 298 g/mol. The maximum absolute atomic E-state index is 11.4. The van der Waals surface area contributed by atoms with E-state index in [1.54, 1.807) is 0 Å². The summed E-state index contributed by atoms with van der Waals surface area (Å²) in [5.74, 6) is -0.292. The first-order valence-electron chi connectivity index (χ1n) is 6.70. The summed E-state index contributed by atoms with van der Waals surface area (Å²) < 4.78 is 5.61. The second-order valence-electron chi connectivity index (χ2n) is 4.57. The molecule has 1 N–H and O–H groups in total. The lowest BCUT2D eigenvalue weighted by atomic mass is 10.2. The average Bonchev–Trinajstić information content (AvgIpc) is 2.99. The molecule has 0 aliphatic rings. The van der Waals surface area contributed by atoms with E-state index in [4.69, 9.17) is 4.74 Å². The summed E-state index contributed by atoms with van der Waals surface area (Å²) in [6.45, 7) is 0.134. The Morgan fingerprint density at radius 3 is 2.32 bits per heavy atom. The highest BCUT2D eigenvalue weighted by Gasteiger charge is 2.18. The second kappa shape index (κ2) is 6.41. The third kappa shape index (κ3) is 3.15. The van der Waals surface area contributed by atoms with Gasteiger partial charge < -0.3 is 9.84 Å². The van der Waals surface area contributed by atoms with E-state index in [-0.39, 0.29) is 11.5 Å². The molecule has 0 aliphatic heterocycles. The molecule has 1 aromatic heterocycles. The van der Waals surface area contributed by atoms with Crippen molar-refractivity contribution in [1.82, 2.24) is 4.98 Å². The fourth-order valence-electron chi connectivity index (χ4n) is 1.99. The molecule has 0 bridgehead atoms. The van der Waals surface area contributed by atoms with E-state index in [2.05, 4.69) is 4.98 Å². The third-order valence-corrected chi connectivity index (χ3v) is 4.17. The van der Waals surface area contributed by atoms with Gasteiger partial charge in [0.1, 0.15) is 27.9 Å². The van der Waals surface area contributed by atoms with Crippen LogP contribution in [-0.4, -0.2) is 16.1 Å². The van der Waals surface area contributed by atoms with Crippen LogP contribution < -0.4 is 4.74 Å². The van der Waals surface area contributed by atoms with Crippen molar-refractivity contribution in [3.05, 3.63) is 71.2 Å². The van der Waals surface area contributed by atoms with Gasteiger partial charge in [0, 0.05) is 5.56 Å². The first-order valence-corrected chi connectivity index (χ1v) is 7.52. The van der Waals surface area contributed by atoms with E-state index in [0.717, 1.165) is 5.56 Å². The van der Waals surface area contributed by atoms with Crippen molar-refractivity contribution in [2.24, 2.45) is 0 Å². The fraction of sp³-hybridized carbons (Fsp3) is 0.0588. The highest BCUT2D eigenvalue weighted by atomic mass is 32.1. The Balaban J connectivity index is 1.86. The molecule has 4 nitrogen and oxygen atoms in total. The second-order valence-corrected chi connectivity index (χ2v) is 5.57. The van der Waals surface area contributed by atoms with Gasteiger partial charge in [0.25, 0.3) is 0 Å². The van der Waals surface area contributed by atoms with Crippen LogP contribution in [0.2, 0.25) is 0 Å². The standard InChI is InChI=1S/C17H13NO3S/c19-17(20)15-14(11-21-13-9-5-2-6-10-13)18-16(22-15)12-7-3-1-4-8-12/h1-10H,11H2,(H,19,20).